The van der Waals surface area contributed by atoms with E-state index in [1.807, 2.05) is 6.92 Å². The third-order valence-electron chi connectivity index (χ3n) is 7.37. The van der Waals surface area contributed by atoms with Crippen LogP contribution in [0.5, 0.6) is 0 Å². The van der Waals surface area contributed by atoms with Crippen molar-refractivity contribution >= 4 is 5.97 Å². The molecule has 0 aromatic carbocycles. The van der Waals surface area contributed by atoms with Gasteiger partial charge >= 0.3 is 5.97 Å². The average Bonchev–Trinajstić information content (AvgIpc) is 2.76. The lowest BCUT2D eigenvalue weighted by Gasteiger charge is -2.54. The molecule has 130 valence electrons. The molecule has 3 nitrogen and oxygen atoms in total. The lowest BCUT2D eigenvalue weighted by molar-refractivity contribution is -0.133. The van der Waals surface area contributed by atoms with Gasteiger partial charge in [-0.3, -0.25) is 0 Å². The van der Waals surface area contributed by atoms with Gasteiger partial charge in [0, 0.05) is 5.57 Å². The van der Waals surface area contributed by atoms with E-state index in [0.717, 1.165) is 24.8 Å². The van der Waals surface area contributed by atoms with Crippen molar-refractivity contribution in [2.45, 2.75) is 72.3 Å². The summed E-state index contributed by atoms with van der Waals surface area (Å²) in [5.74, 6) is 0.110. The minimum Gasteiger partial charge on any atom is -0.478 e. The molecule has 2 aliphatic carbocycles. The first-order valence-corrected chi connectivity index (χ1v) is 8.77. The molecule has 0 bridgehead atoms. The normalized spacial score (nSPS) is 39.7. The first-order valence-electron chi connectivity index (χ1n) is 8.77. The van der Waals surface area contributed by atoms with Gasteiger partial charge in [-0.15, -0.1) is 6.58 Å². The van der Waals surface area contributed by atoms with Crippen LogP contribution in [0, 0.1) is 22.7 Å². The molecule has 23 heavy (non-hydrogen) atoms. The van der Waals surface area contributed by atoms with Crippen molar-refractivity contribution in [2.24, 2.45) is 22.7 Å². The van der Waals surface area contributed by atoms with Crippen molar-refractivity contribution in [3.63, 3.8) is 0 Å². The lowest BCUT2D eigenvalue weighted by Crippen LogP contribution is -2.47. The maximum Gasteiger partial charge on any atom is 0.331 e. The van der Waals surface area contributed by atoms with Crippen molar-refractivity contribution in [3.05, 3.63) is 23.8 Å². The zero-order valence-electron chi connectivity index (χ0n) is 15.3. The highest BCUT2D eigenvalue weighted by Gasteiger charge is 2.56. The highest BCUT2D eigenvalue weighted by molar-refractivity contribution is 5.88. The summed E-state index contributed by atoms with van der Waals surface area (Å²) < 4.78 is 0. The molecule has 1 saturated carbocycles. The predicted octanol–water partition coefficient (Wildman–Crippen LogP) is 4.57. The van der Waals surface area contributed by atoms with Crippen LogP contribution in [0.2, 0.25) is 0 Å². The fraction of sp³-hybridized carbons (Fsp3) is 0.750. The first-order chi connectivity index (χ1) is 10.5. The summed E-state index contributed by atoms with van der Waals surface area (Å²) in [6.45, 7) is 14.4. The average molecular weight is 320 g/mol. The molecule has 5 atom stereocenters. The number of carboxylic acids is 1. The molecule has 2 rings (SSSR count). The lowest BCUT2D eigenvalue weighted by atomic mass is 9.50. The van der Waals surface area contributed by atoms with Gasteiger partial charge in [-0.05, 0) is 68.6 Å². The Morgan fingerprint density at radius 1 is 1.48 bits per heavy atom. The molecule has 1 fully saturated rings. The van der Waals surface area contributed by atoms with Gasteiger partial charge < -0.3 is 10.2 Å². The second-order valence-electron chi connectivity index (χ2n) is 8.59. The van der Waals surface area contributed by atoms with Gasteiger partial charge in [0.25, 0.3) is 0 Å². The van der Waals surface area contributed by atoms with Crippen LogP contribution in [-0.2, 0) is 4.79 Å². The number of allylic oxidation sites excluding steroid dienone is 1. The van der Waals surface area contributed by atoms with E-state index in [9.17, 15) is 15.0 Å². The quantitative estimate of drug-likeness (QED) is 0.730. The molecule has 0 amide bonds. The standard InChI is InChI=1S/C20H32O3/c1-7-18(4,23)10-11-19(5)13(2)8-9-20(6)14(3)15(17(21)22)12-16(19)20/h7,13,16,23H,1,8-12H2,2-6H3,(H,21,22)/t13-,16-,18+,19+,20+/m1/s1. The number of carbonyl (C=O) groups is 1. The molecular weight excluding hydrogens is 288 g/mol. The summed E-state index contributed by atoms with van der Waals surface area (Å²) in [6.07, 6.45) is 6.02. The molecule has 2 aliphatic rings. The number of fused-ring (bicyclic) bond motifs is 1. The second kappa shape index (κ2) is 5.77. The van der Waals surface area contributed by atoms with E-state index in [1.165, 1.54) is 0 Å². The molecular formula is C20H32O3. The topological polar surface area (TPSA) is 57.5 Å². The van der Waals surface area contributed by atoms with E-state index in [0.29, 0.717) is 30.3 Å². The van der Waals surface area contributed by atoms with Crippen LogP contribution < -0.4 is 0 Å². The predicted molar refractivity (Wildman–Crippen MR) is 93.1 cm³/mol. The largest absolute Gasteiger partial charge is 0.478 e. The minimum absolute atomic E-state index is 0.0188. The Bertz CT molecular complexity index is 545. The Labute approximate surface area is 140 Å². The van der Waals surface area contributed by atoms with Gasteiger partial charge in [-0.1, -0.05) is 32.4 Å². The molecule has 3 heteroatoms. The van der Waals surface area contributed by atoms with Gasteiger partial charge in [-0.25, -0.2) is 4.79 Å². The number of hydrogen-bond donors (Lipinski definition) is 2. The van der Waals surface area contributed by atoms with Crippen LogP contribution in [0.15, 0.2) is 23.8 Å². The molecule has 0 saturated heterocycles. The molecule has 0 radical (unpaired) electrons. The third kappa shape index (κ3) is 2.88. The Balaban J connectivity index is 2.34. The van der Waals surface area contributed by atoms with Crippen LogP contribution >= 0.6 is 0 Å². The van der Waals surface area contributed by atoms with E-state index in [1.54, 1.807) is 13.0 Å². The molecule has 0 spiro atoms. The Kier molecular flexibility index (Phi) is 4.58. The summed E-state index contributed by atoms with van der Waals surface area (Å²) >= 11 is 0. The van der Waals surface area contributed by atoms with Gasteiger partial charge in [0.1, 0.15) is 0 Å². The van der Waals surface area contributed by atoms with Crippen LogP contribution in [0.1, 0.15) is 66.7 Å². The Hall–Kier alpha value is -1.09. The fourth-order valence-corrected chi connectivity index (χ4v) is 4.99. The highest BCUT2D eigenvalue weighted by Crippen LogP contribution is 2.64. The summed E-state index contributed by atoms with van der Waals surface area (Å²) in [5.41, 5.74) is 0.859. The van der Waals surface area contributed by atoms with Crippen LogP contribution in [0.25, 0.3) is 0 Å². The van der Waals surface area contributed by atoms with Crippen molar-refractivity contribution in [1.29, 1.82) is 0 Å². The maximum atomic E-state index is 11.6. The van der Waals surface area contributed by atoms with E-state index in [4.69, 9.17) is 0 Å². The summed E-state index contributed by atoms with van der Waals surface area (Å²) in [6, 6.07) is 0. The smallest absolute Gasteiger partial charge is 0.331 e. The number of aliphatic carboxylic acids is 1. The Morgan fingerprint density at radius 3 is 2.61 bits per heavy atom. The number of carboxylic acid groups (broad SMARTS) is 1. The van der Waals surface area contributed by atoms with Gasteiger partial charge in [0.15, 0.2) is 0 Å². The maximum absolute atomic E-state index is 11.6. The number of aliphatic hydroxyl groups is 1. The SMILES string of the molecule is C=C[C@](C)(O)CC[C@@]1(C)[C@H](C)CC[C@@]2(C)C(C)=C(C(=O)O)C[C@H]12. The summed E-state index contributed by atoms with van der Waals surface area (Å²) in [4.78, 5) is 11.6. The molecule has 0 aromatic heterocycles. The molecule has 2 N–H and O–H groups in total. The molecule has 0 aromatic rings. The van der Waals surface area contributed by atoms with Crippen LogP contribution in [-0.4, -0.2) is 21.8 Å². The highest BCUT2D eigenvalue weighted by atomic mass is 16.4. The zero-order valence-corrected chi connectivity index (χ0v) is 15.3. The minimum atomic E-state index is -0.854. The first kappa shape index (κ1) is 18.3. The molecule has 0 unspecified atom stereocenters. The van der Waals surface area contributed by atoms with Gasteiger partial charge in [-0.2, -0.15) is 0 Å². The zero-order chi connectivity index (χ0) is 17.6. The van der Waals surface area contributed by atoms with E-state index in [2.05, 4.69) is 27.4 Å². The summed E-state index contributed by atoms with van der Waals surface area (Å²) in [5, 5.41) is 19.9. The van der Waals surface area contributed by atoms with E-state index in [-0.39, 0.29) is 10.8 Å². The molecule has 0 aliphatic heterocycles. The van der Waals surface area contributed by atoms with Gasteiger partial charge in [0.2, 0.25) is 0 Å². The molecule has 0 heterocycles. The van der Waals surface area contributed by atoms with E-state index >= 15 is 0 Å². The van der Waals surface area contributed by atoms with Crippen molar-refractivity contribution < 1.29 is 15.0 Å². The van der Waals surface area contributed by atoms with Crippen molar-refractivity contribution in [3.8, 4) is 0 Å². The van der Waals surface area contributed by atoms with Crippen molar-refractivity contribution in [1.82, 2.24) is 0 Å². The number of hydrogen-bond acceptors (Lipinski definition) is 2. The monoisotopic (exact) mass is 320 g/mol. The van der Waals surface area contributed by atoms with Crippen LogP contribution in [0.3, 0.4) is 0 Å². The van der Waals surface area contributed by atoms with E-state index < -0.39 is 11.6 Å². The van der Waals surface area contributed by atoms with Crippen molar-refractivity contribution in [2.75, 3.05) is 0 Å². The van der Waals surface area contributed by atoms with Gasteiger partial charge in [0.05, 0.1) is 5.60 Å². The third-order valence-corrected chi connectivity index (χ3v) is 7.37. The van der Waals surface area contributed by atoms with Crippen LogP contribution in [0.4, 0.5) is 0 Å². The number of rotatable bonds is 5. The Morgan fingerprint density at radius 2 is 2.09 bits per heavy atom. The second-order valence-corrected chi connectivity index (χ2v) is 8.59. The summed E-state index contributed by atoms with van der Waals surface area (Å²) in [7, 11) is 0. The fourth-order valence-electron chi connectivity index (χ4n) is 4.99.